The van der Waals surface area contributed by atoms with Crippen LogP contribution in [0.25, 0.3) is 0 Å². The summed E-state index contributed by atoms with van der Waals surface area (Å²) in [4.78, 5) is 11.4. The minimum Gasteiger partial charge on any atom is -0.384 e. The number of aliphatic hydroxyl groups excluding tert-OH is 1. The Hall–Kier alpha value is -1.62. The second-order valence-corrected chi connectivity index (χ2v) is 5.64. The summed E-state index contributed by atoms with van der Waals surface area (Å²) in [5.41, 5.74) is 2.19. The monoisotopic (exact) mass is 325 g/mol. The van der Waals surface area contributed by atoms with Gasteiger partial charge in [-0.05, 0) is 29.8 Å². The predicted octanol–water partition coefficient (Wildman–Crippen LogP) is 3.71. The highest BCUT2D eigenvalue weighted by molar-refractivity contribution is 6.32. The molecule has 0 saturated heterocycles. The third-order valence-electron chi connectivity index (χ3n) is 3.40. The summed E-state index contributed by atoms with van der Waals surface area (Å²) in [7, 11) is 0. The molecule has 2 aromatic carbocycles. The number of amides is 1. The highest BCUT2D eigenvalue weighted by Crippen LogP contribution is 2.37. The van der Waals surface area contributed by atoms with Crippen LogP contribution < -0.4 is 5.32 Å². The molecule has 1 amide bonds. The van der Waals surface area contributed by atoms with Crippen LogP contribution >= 0.6 is 23.2 Å². The quantitative estimate of drug-likeness (QED) is 0.884. The molecule has 0 spiro atoms. The van der Waals surface area contributed by atoms with Crippen molar-refractivity contribution in [2.45, 2.75) is 12.5 Å². The Kier molecular flexibility index (Phi) is 3.61. The summed E-state index contributed by atoms with van der Waals surface area (Å²) >= 11 is 12.1. The first kappa shape index (κ1) is 14.3. The van der Waals surface area contributed by atoms with Crippen molar-refractivity contribution in [2.24, 2.45) is 0 Å². The van der Waals surface area contributed by atoms with E-state index >= 15 is 0 Å². The van der Waals surface area contributed by atoms with Crippen LogP contribution in [0, 0.1) is 5.82 Å². The van der Waals surface area contributed by atoms with E-state index in [1.807, 2.05) is 0 Å². The van der Waals surface area contributed by atoms with Gasteiger partial charge >= 0.3 is 0 Å². The number of hydrogen-bond donors (Lipinski definition) is 2. The fourth-order valence-electron chi connectivity index (χ4n) is 2.37. The smallest absolute Gasteiger partial charge is 0.228 e. The molecule has 0 saturated carbocycles. The molecule has 0 radical (unpaired) electrons. The van der Waals surface area contributed by atoms with E-state index in [0.29, 0.717) is 21.8 Å². The van der Waals surface area contributed by atoms with Crippen molar-refractivity contribution < 1.29 is 14.3 Å². The zero-order valence-electron chi connectivity index (χ0n) is 10.7. The Bertz CT molecular complexity index is 749. The van der Waals surface area contributed by atoms with E-state index in [9.17, 15) is 14.3 Å². The molecule has 1 aliphatic heterocycles. The second-order valence-electron chi connectivity index (χ2n) is 4.82. The Balaban J connectivity index is 2.04. The number of fused-ring (bicyclic) bond motifs is 1. The fourth-order valence-corrected chi connectivity index (χ4v) is 2.91. The van der Waals surface area contributed by atoms with Crippen LogP contribution in [0.3, 0.4) is 0 Å². The third kappa shape index (κ3) is 2.62. The molecule has 3 rings (SSSR count). The summed E-state index contributed by atoms with van der Waals surface area (Å²) < 4.78 is 13.1. The largest absolute Gasteiger partial charge is 0.384 e. The van der Waals surface area contributed by atoms with E-state index in [4.69, 9.17) is 23.2 Å². The van der Waals surface area contributed by atoms with Gasteiger partial charge in [-0.15, -0.1) is 0 Å². The van der Waals surface area contributed by atoms with Gasteiger partial charge < -0.3 is 10.4 Å². The van der Waals surface area contributed by atoms with Crippen LogP contribution in [-0.2, 0) is 11.2 Å². The summed E-state index contributed by atoms with van der Waals surface area (Å²) in [5.74, 6) is -0.599. The molecule has 0 fully saturated rings. The number of rotatable bonds is 2. The second kappa shape index (κ2) is 5.30. The third-order valence-corrected chi connectivity index (χ3v) is 4.05. The Morgan fingerprint density at radius 3 is 2.57 bits per heavy atom. The number of halogens is 3. The average Bonchev–Trinajstić information content (AvgIpc) is 2.76. The number of hydrogen-bond acceptors (Lipinski definition) is 2. The summed E-state index contributed by atoms with van der Waals surface area (Å²) in [6.07, 6.45) is -0.852. The lowest BCUT2D eigenvalue weighted by molar-refractivity contribution is -0.115. The highest BCUT2D eigenvalue weighted by atomic mass is 35.5. The molecule has 2 N–H and O–H groups in total. The molecular formula is C15H10Cl2FNO2. The van der Waals surface area contributed by atoms with Gasteiger partial charge in [0.15, 0.2) is 0 Å². The van der Waals surface area contributed by atoms with Crippen molar-refractivity contribution in [3.05, 3.63) is 62.9 Å². The van der Waals surface area contributed by atoms with Crippen LogP contribution in [0.1, 0.15) is 22.8 Å². The number of benzene rings is 2. The Morgan fingerprint density at radius 1 is 1.14 bits per heavy atom. The minimum absolute atomic E-state index is 0.118. The van der Waals surface area contributed by atoms with E-state index in [-0.39, 0.29) is 17.4 Å². The van der Waals surface area contributed by atoms with Crippen LogP contribution in [0.2, 0.25) is 10.0 Å². The molecular weight excluding hydrogens is 316 g/mol. The number of anilines is 1. The number of nitrogens with one attached hydrogen (secondary N) is 1. The molecule has 2 aromatic rings. The molecule has 1 aliphatic rings. The van der Waals surface area contributed by atoms with Gasteiger partial charge in [0.2, 0.25) is 5.91 Å². The van der Waals surface area contributed by atoms with Gasteiger partial charge in [0.25, 0.3) is 0 Å². The number of aliphatic hydroxyl groups is 1. The van der Waals surface area contributed by atoms with Crippen LogP contribution in [0.5, 0.6) is 0 Å². The van der Waals surface area contributed by atoms with Crippen molar-refractivity contribution in [1.82, 2.24) is 0 Å². The molecule has 3 nitrogen and oxygen atoms in total. The lowest BCUT2D eigenvalue weighted by Gasteiger charge is -2.16. The number of carbonyl (C=O) groups is 1. The first-order valence-electron chi connectivity index (χ1n) is 6.21. The van der Waals surface area contributed by atoms with Gasteiger partial charge in [0.05, 0.1) is 6.42 Å². The SMILES string of the molecule is O=C1Cc2cc(C(O)c3ccc(F)cc3Cl)c(Cl)cc2N1. The van der Waals surface area contributed by atoms with Crippen molar-refractivity contribution in [3.8, 4) is 0 Å². The van der Waals surface area contributed by atoms with E-state index in [1.165, 1.54) is 12.1 Å². The summed E-state index contributed by atoms with van der Waals surface area (Å²) in [5, 5.41) is 13.6. The first-order valence-corrected chi connectivity index (χ1v) is 6.96. The standard InChI is InChI=1S/C15H10Cl2FNO2/c16-11-5-8(18)1-2-9(11)15(21)10-3-7-4-14(20)19-13(7)6-12(10)17/h1-3,5-6,15,21H,4H2,(H,19,20). The van der Waals surface area contributed by atoms with Gasteiger partial charge in [-0.3, -0.25) is 4.79 Å². The molecule has 0 bridgehead atoms. The van der Waals surface area contributed by atoms with Crippen molar-refractivity contribution >= 4 is 34.8 Å². The van der Waals surface area contributed by atoms with E-state index in [2.05, 4.69) is 5.32 Å². The maximum absolute atomic E-state index is 13.1. The van der Waals surface area contributed by atoms with E-state index in [1.54, 1.807) is 12.1 Å². The predicted molar refractivity (Wildman–Crippen MR) is 79.3 cm³/mol. The van der Waals surface area contributed by atoms with Crippen molar-refractivity contribution in [2.75, 3.05) is 5.32 Å². The maximum Gasteiger partial charge on any atom is 0.228 e. The van der Waals surface area contributed by atoms with Crippen LogP contribution in [0.15, 0.2) is 30.3 Å². The molecule has 0 aromatic heterocycles. The van der Waals surface area contributed by atoms with Gasteiger partial charge in [0, 0.05) is 26.9 Å². The van der Waals surface area contributed by atoms with Gasteiger partial charge in [-0.25, -0.2) is 4.39 Å². The molecule has 21 heavy (non-hydrogen) atoms. The van der Waals surface area contributed by atoms with Crippen molar-refractivity contribution in [3.63, 3.8) is 0 Å². The van der Waals surface area contributed by atoms with E-state index in [0.717, 1.165) is 11.6 Å². The zero-order chi connectivity index (χ0) is 15.1. The minimum atomic E-state index is -1.09. The van der Waals surface area contributed by atoms with Crippen LogP contribution in [0.4, 0.5) is 10.1 Å². The molecule has 6 heteroatoms. The van der Waals surface area contributed by atoms with Crippen molar-refractivity contribution in [1.29, 1.82) is 0 Å². The topological polar surface area (TPSA) is 49.3 Å². The zero-order valence-corrected chi connectivity index (χ0v) is 12.2. The lowest BCUT2D eigenvalue weighted by atomic mass is 9.98. The summed E-state index contributed by atoms with van der Waals surface area (Å²) in [6, 6.07) is 7.02. The average molecular weight is 326 g/mol. The van der Waals surface area contributed by atoms with E-state index < -0.39 is 11.9 Å². The maximum atomic E-state index is 13.1. The highest BCUT2D eigenvalue weighted by Gasteiger charge is 2.23. The molecule has 108 valence electrons. The first-order chi connectivity index (χ1) is 9.95. The Morgan fingerprint density at radius 2 is 1.86 bits per heavy atom. The van der Waals surface area contributed by atoms with Crippen LogP contribution in [-0.4, -0.2) is 11.0 Å². The molecule has 1 heterocycles. The molecule has 0 aliphatic carbocycles. The molecule has 1 atom stereocenters. The Labute approximate surface area is 130 Å². The van der Waals surface area contributed by atoms with Gasteiger partial charge in [-0.1, -0.05) is 29.3 Å². The normalized spacial score (nSPS) is 14.8. The fraction of sp³-hybridized carbons (Fsp3) is 0.133. The van der Waals surface area contributed by atoms with Gasteiger partial charge in [0.1, 0.15) is 11.9 Å². The molecule has 1 unspecified atom stereocenters. The van der Waals surface area contributed by atoms with Gasteiger partial charge in [-0.2, -0.15) is 0 Å². The lowest BCUT2D eigenvalue weighted by Crippen LogP contribution is -2.03. The summed E-state index contributed by atoms with van der Waals surface area (Å²) in [6.45, 7) is 0. The number of carbonyl (C=O) groups excluding carboxylic acids is 1.